The number of hydrogen-bond donors (Lipinski definition) is 2. The smallest absolute Gasteiger partial charge is 0.119 e. The number of nitrogens with one attached hydrogen (secondary N) is 2. The van der Waals surface area contributed by atoms with Gasteiger partial charge in [-0.25, -0.2) is 4.98 Å². The number of benzene rings is 1. The normalized spacial score (nSPS) is 24.2. The molecule has 0 amide bonds. The Kier molecular flexibility index (Phi) is 2.60. The molecule has 2 aromatic rings. The molecule has 4 nitrogen and oxygen atoms in total. The monoisotopic (exact) mass is 269 g/mol. The van der Waals surface area contributed by atoms with Crippen LogP contribution in [0.4, 0.5) is 0 Å². The van der Waals surface area contributed by atoms with Crippen LogP contribution in [-0.4, -0.2) is 23.6 Å². The third kappa shape index (κ3) is 1.68. The van der Waals surface area contributed by atoms with Crippen LogP contribution in [0.3, 0.4) is 0 Å². The Morgan fingerprint density at radius 3 is 3.10 bits per heavy atom. The predicted molar refractivity (Wildman–Crippen MR) is 77.0 cm³/mol. The Labute approximate surface area is 118 Å². The van der Waals surface area contributed by atoms with E-state index in [1.807, 2.05) is 6.33 Å². The topological polar surface area (TPSA) is 49.9 Å². The molecule has 1 atom stereocenters. The molecular formula is C16H19N3O. The average molecular weight is 269 g/mol. The molecule has 1 aliphatic heterocycles. The molecule has 4 heteroatoms. The number of aryl methyl sites for hydroxylation is 1. The number of rotatable bonds is 1. The molecule has 1 aliphatic carbocycles. The molecule has 0 saturated heterocycles. The van der Waals surface area contributed by atoms with Gasteiger partial charge in [0.2, 0.25) is 0 Å². The van der Waals surface area contributed by atoms with E-state index in [0.717, 1.165) is 38.0 Å². The van der Waals surface area contributed by atoms with Gasteiger partial charge in [-0.1, -0.05) is 6.07 Å². The standard InChI is InChI=1S/C16H19N3O/c1-20-13-3-2-11-4-6-16(9-12(11)8-13)15-14(5-7-19-16)17-10-18-15/h2-3,8,10,19H,4-7,9H2,1H3,(H,17,18). The predicted octanol–water partition coefficient (Wildman–Crippen LogP) is 1.95. The highest BCUT2D eigenvalue weighted by Crippen LogP contribution is 2.39. The lowest BCUT2D eigenvalue weighted by molar-refractivity contribution is 0.268. The summed E-state index contributed by atoms with van der Waals surface area (Å²) in [6, 6.07) is 6.44. The minimum Gasteiger partial charge on any atom is -0.497 e. The van der Waals surface area contributed by atoms with Crippen molar-refractivity contribution in [2.24, 2.45) is 0 Å². The van der Waals surface area contributed by atoms with E-state index in [0.29, 0.717) is 0 Å². The molecule has 4 rings (SSSR count). The van der Waals surface area contributed by atoms with Crippen molar-refractivity contribution in [3.8, 4) is 5.75 Å². The van der Waals surface area contributed by atoms with E-state index in [9.17, 15) is 0 Å². The van der Waals surface area contributed by atoms with Crippen LogP contribution in [0.2, 0.25) is 0 Å². The van der Waals surface area contributed by atoms with Crippen LogP contribution in [0.1, 0.15) is 28.9 Å². The Hall–Kier alpha value is -1.81. The average Bonchev–Trinajstić information content (AvgIpc) is 2.97. The van der Waals surface area contributed by atoms with E-state index >= 15 is 0 Å². The van der Waals surface area contributed by atoms with Gasteiger partial charge in [-0.05, 0) is 42.5 Å². The first-order chi connectivity index (χ1) is 9.81. The number of hydrogen-bond acceptors (Lipinski definition) is 3. The number of aromatic nitrogens is 2. The van der Waals surface area contributed by atoms with E-state index in [1.54, 1.807) is 7.11 Å². The lowest BCUT2D eigenvalue weighted by atomic mass is 9.74. The van der Waals surface area contributed by atoms with Crippen LogP contribution in [0, 0.1) is 0 Å². The van der Waals surface area contributed by atoms with E-state index in [4.69, 9.17) is 4.74 Å². The third-order valence-corrected chi connectivity index (χ3v) is 4.74. The molecular weight excluding hydrogens is 250 g/mol. The molecule has 2 N–H and O–H groups in total. The van der Waals surface area contributed by atoms with Gasteiger partial charge in [-0.2, -0.15) is 0 Å². The summed E-state index contributed by atoms with van der Waals surface area (Å²) < 4.78 is 5.37. The molecule has 1 aromatic carbocycles. The Bertz CT molecular complexity index is 649. The summed E-state index contributed by atoms with van der Waals surface area (Å²) in [7, 11) is 1.73. The molecule has 104 valence electrons. The first kappa shape index (κ1) is 12.0. The maximum absolute atomic E-state index is 5.37. The highest BCUT2D eigenvalue weighted by molar-refractivity contribution is 5.41. The van der Waals surface area contributed by atoms with E-state index in [-0.39, 0.29) is 5.54 Å². The number of aromatic amines is 1. The van der Waals surface area contributed by atoms with Gasteiger partial charge in [-0.15, -0.1) is 0 Å². The fourth-order valence-corrected chi connectivity index (χ4v) is 3.69. The molecule has 1 unspecified atom stereocenters. The fourth-order valence-electron chi connectivity index (χ4n) is 3.69. The van der Waals surface area contributed by atoms with Gasteiger partial charge in [0.15, 0.2) is 0 Å². The minimum absolute atomic E-state index is 0.00689. The zero-order valence-corrected chi connectivity index (χ0v) is 11.7. The second-order valence-electron chi connectivity index (χ2n) is 5.80. The van der Waals surface area contributed by atoms with Gasteiger partial charge in [-0.3, -0.25) is 0 Å². The summed E-state index contributed by atoms with van der Waals surface area (Å²) in [5, 5.41) is 3.73. The number of imidazole rings is 1. The molecule has 20 heavy (non-hydrogen) atoms. The number of fused-ring (bicyclic) bond motifs is 3. The fraction of sp³-hybridized carbons (Fsp3) is 0.438. The molecule has 1 spiro atoms. The van der Waals surface area contributed by atoms with Crippen molar-refractivity contribution in [2.45, 2.75) is 31.2 Å². The van der Waals surface area contributed by atoms with Crippen molar-refractivity contribution >= 4 is 0 Å². The lowest BCUT2D eigenvalue weighted by Gasteiger charge is -2.41. The maximum atomic E-state index is 5.37. The van der Waals surface area contributed by atoms with Crippen LogP contribution in [0.15, 0.2) is 24.5 Å². The largest absolute Gasteiger partial charge is 0.497 e. The van der Waals surface area contributed by atoms with Crippen molar-refractivity contribution in [1.29, 1.82) is 0 Å². The number of methoxy groups -OCH3 is 1. The summed E-state index contributed by atoms with van der Waals surface area (Å²) in [4.78, 5) is 7.90. The first-order valence-electron chi connectivity index (χ1n) is 7.24. The van der Waals surface area contributed by atoms with E-state index < -0.39 is 0 Å². The van der Waals surface area contributed by atoms with Gasteiger partial charge < -0.3 is 15.0 Å². The SMILES string of the molecule is COc1ccc2c(c1)CC1(CC2)NCCc2[nH]cnc21. The van der Waals surface area contributed by atoms with Gasteiger partial charge in [0.1, 0.15) is 5.75 Å². The minimum atomic E-state index is 0.00689. The van der Waals surface area contributed by atoms with Gasteiger partial charge in [0, 0.05) is 18.7 Å². The summed E-state index contributed by atoms with van der Waals surface area (Å²) in [5.74, 6) is 0.943. The Morgan fingerprint density at radius 1 is 1.25 bits per heavy atom. The summed E-state index contributed by atoms with van der Waals surface area (Å²) >= 11 is 0. The molecule has 0 saturated carbocycles. The highest BCUT2D eigenvalue weighted by Gasteiger charge is 2.41. The van der Waals surface area contributed by atoms with Crippen molar-refractivity contribution in [1.82, 2.24) is 15.3 Å². The Morgan fingerprint density at radius 2 is 2.20 bits per heavy atom. The second-order valence-corrected chi connectivity index (χ2v) is 5.80. The number of H-pyrrole nitrogens is 1. The van der Waals surface area contributed by atoms with Crippen molar-refractivity contribution < 1.29 is 4.74 Å². The zero-order chi connectivity index (χ0) is 13.6. The third-order valence-electron chi connectivity index (χ3n) is 4.74. The summed E-state index contributed by atoms with van der Waals surface area (Å²) in [5.41, 5.74) is 5.36. The molecule has 0 fully saturated rings. The van der Waals surface area contributed by atoms with E-state index in [2.05, 4.69) is 33.5 Å². The summed E-state index contributed by atoms with van der Waals surface area (Å²) in [6.07, 6.45) is 6.09. The molecule has 1 aromatic heterocycles. The van der Waals surface area contributed by atoms with Crippen molar-refractivity contribution in [3.05, 3.63) is 47.0 Å². The Balaban J connectivity index is 1.77. The van der Waals surface area contributed by atoms with E-state index in [1.165, 1.54) is 22.5 Å². The number of ether oxygens (including phenoxy) is 1. The highest BCUT2D eigenvalue weighted by atomic mass is 16.5. The zero-order valence-electron chi connectivity index (χ0n) is 11.7. The van der Waals surface area contributed by atoms with Crippen molar-refractivity contribution in [3.63, 3.8) is 0 Å². The van der Waals surface area contributed by atoms with Crippen LogP contribution in [0.5, 0.6) is 5.75 Å². The number of nitrogens with zero attached hydrogens (tertiary/aromatic N) is 1. The van der Waals surface area contributed by atoms with Crippen LogP contribution in [0.25, 0.3) is 0 Å². The molecule has 0 bridgehead atoms. The van der Waals surface area contributed by atoms with Gasteiger partial charge in [0.25, 0.3) is 0 Å². The second kappa shape index (κ2) is 4.35. The quantitative estimate of drug-likeness (QED) is 0.832. The van der Waals surface area contributed by atoms with Gasteiger partial charge >= 0.3 is 0 Å². The van der Waals surface area contributed by atoms with Crippen LogP contribution < -0.4 is 10.1 Å². The summed E-state index contributed by atoms with van der Waals surface area (Å²) in [6.45, 7) is 1.02. The van der Waals surface area contributed by atoms with Crippen LogP contribution >= 0.6 is 0 Å². The molecule has 0 radical (unpaired) electrons. The van der Waals surface area contributed by atoms with Crippen LogP contribution in [-0.2, 0) is 24.8 Å². The van der Waals surface area contributed by atoms with Crippen molar-refractivity contribution in [2.75, 3.05) is 13.7 Å². The molecule has 2 aliphatic rings. The lowest BCUT2D eigenvalue weighted by Crippen LogP contribution is -2.51. The maximum Gasteiger partial charge on any atom is 0.119 e. The first-order valence-corrected chi connectivity index (χ1v) is 7.24. The van der Waals surface area contributed by atoms with Gasteiger partial charge in [0.05, 0.1) is 24.7 Å². The molecule has 2 heterocycles.